The summed E-state index contributed by atoms with van der Waals surface area (Å²) < 4.78 is 0. The molecule has 0 fully saturated rings. The molecular formula is C23H25N3. The number of hydrazone groups is 1. The Hall–Kier alpha value is -3.07. The molecule has 0 amide bonds. The van der Waals surface area contributed by atoms with Crippen molar-refractivity contribution in [2.24, 2.45) is 5.10 Å². The lowest BCUT2D eigenvalue weighted by Gasteiger charge is -2.27. The Morgan fingerprint density at radius 2 is 1.08 bits per heavy atom. The van der Waals surface area contributed by atoms with Gasteiger partial charge in [0.2, 0.25) is 0 Å². The number of hydrogen-bond acceptors (Lipinski definition) is 2. The van der Waals surface area contributed by atoms with E-state index in [4.69, 9.17) is 5.10 Å². The predicted octanol–water partition coefficient (Wildman–Crippen LogP) is 5.53. The molecule has 0 heterocycles. The van der Waals surface area contributed by atoms with E-state index in [9.17, 15) is 0 Å². The van der Waals surface area contributed by atoms with Gasteiger partial charge in [-0.15, -0.1) is 5.10 Å². The molecule has 0 radical (unpaired) electrons. The Morgan fingerprint density at radius 1 is 0.654 bits per heavy atom. The van der Waals surface area contributed by atoms with E-state index in [1.165, 1.54) is 0 Å². The number of rotatable bonds is 6. The molecule has 0 aliphatic rings. The van der Waals surface area contributed by atoms with Crippen molar-refractivity contribution >= 4 is 17.2 Å². The number of hydrogen-bond donors (Lipinski definition) is 0. The zero-order chi connectivity index (χ0) is 18.2. The second-order valence-electron chi connectivity index (χ2n) is 5.94. The van der Waals surface area contributed by atoms with Gasteiger partial charge in [0.05, 0.1) is 11.4 Å². The molecule has 3 heteroatoms. The van der Waals surface area contributed by atoms with Crippen LogP contribution in [-0.4, -0.2) is 23.8 Å². The first kappa shape index (κ1) is 17.7. The average molecular weight is 343 g/mol. The molecule has 0 saturated heterocycles. The first-order valence-electron chi connectivity index (χ1n) is 9.12. The van der Waals surface area contributed by atoms with Gasteiger partial charge < -0.3 is 4.90 Å². The predicted molar refractivity (Wildman–Crippen MR) is 111 cm³/mol. The third kappa shape index (κ3) is 4.12. The largest absolute Gasteiger partial charge is 0.355 e. The monoisotopic (exact) mass is 343 g/mol. The van der Waals surface area contributed by atoms with Crippen molar-refractivity contribution in [1.29, 1.82) is 0 Å². The van der Waals surface area contributed by atoms with Crippen LogP contribution >= 0.6 is 0 Å². The molecule has 0 aliphatic carbocycles. The highest BCUT2D eigenvalue weighted by Crippen LogP contribution is 2.26. The van der Waals surface area contributed by atoms with Crippen LogP contribution in [0.3, 0.4) is 0 Å². The van der Waals surface area contributed by atoms with E-state index in [1.807, 2.05) is 47.5 Å². The molecule has 0 unspecified atom stereocenters. The molecule has 0 bridgehead atoms. The van der Waals surface area contributed by atoms with Gasteiger partial charge in [0.1, 0.15) is 0 Å². The Kier molecular flexibility index (Phi) is 6.05. The molecule has 3 aromatic rings. The van der Waals surface area contributed by atoms with E-state index in [2.05, 4.69) is 67.3 Å². The summed E-state index contributed by atoms with van der Waals surface area (Å²) in [6, 6.07) is 30.9. The fraction of sp³-hybridized carbons (Fsp3) is 0.174. The minimum Gasteiger partial charge on any atom is -0.355 e. The van der Waals surface area contributed by atoms with Crippen molar-refractivity contribution < 1.29 is 0 Å². The van der Waals surface area contributed by atoms with Crippen LogP contribution in [0.15, 0.2) is 96.1 Å². The van der Waals surface area contributed by atoms with Gasteiger partial charge in [0, 0.05) is 18.7 Å². The average Bonchev–Trinajstić information content (AvgIpc) is 2.73. The normalized spacial score (nSPS) is 11.2. The number of amidine groups is 1. The van der Waals surface area contributed by atoms with E-state index in [-0.39, 0.29) is 0 Å². The van der Waals surface area contributed by atoms with Gasteiger partial charge in [-0.1, -0.05) is 66.7 Å². The fourth-order valence-corrected chi connectivity index (χ4v) is 2.91. The number of nitrogens with zero attached hydrogens (tertiary/aromatic N) is 3. The third-order valence-electron chi connectivity index (χ3n) is 4.29. The van der Waals surface area contributed by atoms with Crippen LogP contribution in [0, 0.1) is 0 Å². The van der Waals surface area contributed by atoms with Crippen molar-refractivity contribution in [2.45, 2.75) is 13.8 Å². The van der Waals surface area contributed by atoms with Gasteiger partial charge in [-0.3, -0.25) is 0 Å². The van der Waals surface area contributed by atoms with E-state index in [0.29, 0.717) is 0 Å². The molecule has 0 N–H and O–H groups in total. The molecule has 0 aromatic heterocycles. The maximum absolute atomic E-state index is 5.10. The van der Waals surface area contributed by atoms with Gasteiger partial charge >= 0.3 is 0 Å². The van der Waals surface area contributed by atoms with Crippen LogP contribution in [0.2, 0.25) is 0 Å². The van der Waals surface area contributed by atoms with Crippen LogP contribution in [0.5, 0.6) is 0 Å². The molecule has 3 nitrogen and oxygen atoms in total. The number of para-hydroxylation sites is 2. The zero-order valence-corrected chi connectivity index (χ0v) is 15.4. The lowest BCUT2D eigenvalue weighted by molar-refractivity contribution is 0.464. The SMILES string of the molecule is CCN(CC)C(=NN(c1ccccc1)c1ccccc1)c1ccccc1. The topological polar surface area (TPSA) is 18.8 Å². The summed E-state index contributed by atoms with van der Waals surface area (Å²) in [7, 11) is 0. The van der Waals surface area contributed by atoms with E-state index >= 15 is 0 Å². The molecule has 0 aliphatic heterocycles. The maximum Gasteiger partial charge on any atom is 0.156 e. The lowest BCUT2D eigenvalue weighted by atomic mass is 10.2. The van der Waals surface area contributed by atoms with Gasteiger partial charge in [-0.2, -0.15) is 0 Å². The van der Waals surface area contributed by atoms with Crippen molar-refractivity contribution in [1.82, 2.24) is 4.90 Å². The van der Waals surface area contributed by atoms with Crippen molar-refractivity contribution in [2.75, 3.05) is 18.1 Å². The third-order valence-corrected chi connectivity index (χ3v) is 4.29. The summed E-state index contributed by atoms with van der Waals surface area (Å²) >= 11 is 0. The zero-order valence-electron chi connectivity index (χ0n) is 15.4. The van der Waals surface area contributed by atoms with Crippen LogP contribution in [0.1, 0.15) is 19.4 Å². The second kappa shape index (κ2) is 8.86. The van der Waals surface area contributed by atoms with Crippen LogP contribution in [0.25, 0.3) is 0 Å². The minimum absolute atomic E-state index is 0.904. The lowest BCUT2D eigenvalue weighted by Crippen LogP contribution is -2.33. The molecule has 3 rings (SSSR count). The molecule has 132 valence electrons. The molecular weight excluding hydrogens is 318 g/mol. The molecule has 0 spiro atoms. The molecule has 0 saturated carbocycles. The first-order valence-corrected chi connectivity index (χ1v) is 9.12. The number of anilines is 2. The summed E-state index contributed by atoms with van der Waals surface area (Å²) in [5.41, 5.74) is 3.20. The summed E-state index contributed by atoms with van der Waals surface area (Å²) in [4.78, 5) is 2.29. The molecule has 26 heavy (non-hydrogen) atoms. The van der Waals surface area contributed by atoms with Crippen LogP contribution in [0.4, 0.5) is 11.4 Å². The highest BCUT2D eigenvalue weighted by atomic mass is 15.5. The van der Waals surface area contributed by atoms with Gasteiger partial charge in [0.25, 0.3) is 0 Å². The van der Waals surface area contributed by atoms with Crippen molar-refractivity contribution in [3.8, 4) is 0 Å². The van der Waals surface area contributed by atoms with Gasteiger partial charge in [-0.25, -0.2) is 5.01 Å². The summed E-state index contributed by atoms with van der Waals surface area (Å²) in [6.45, 7) is 6.14. The van der Waals surface area contributed by atoms with Crippen LogP contribution < -0.4 is 5.01 Å². The maximum atomic E-state index is 5.10. The Bertz CT molecular complexity index is 770. The van der Waals surface area contributed by atoms with E-state index in [0.717, 1.165) is 35.9 Å². The van der Waals surface area contributed by atoms with E-state index < -0.39 is 0 Å². The molecule has 0 atom stereocenters. The van der Waals surface area contributed by atoms with Crippen molar-refractivity contribution in [3.63, 3.8) is 0 Å². The highest BCUT2D eigenvalue weighted by molar-refractivity contribution is 5.99. The van der Waals surface area contributed by atoms with Gasteiger partial charge in [0.15, 0.2) is 5.84 Å². The minimum atomic E-state index is 0.904. The Labute approximate surface area is 156 Å². The second-order valence-corrected chi connectivity index (χ2v) is 5.94. The standard InChI is InChI=1S/C23H25N3/c1-3-25(4-2)23(20-14-8-5-9-15-20)24-26(21-16-10-6-11-17-21)22-18-12-7-13-19-22/h5-19H,3-4H2,1-2H3. The fourth-order valence-electron chi connectivity index (χ4n) is 2.91. The summed E-state index contributed by atoms with van der Waals surface area (Å²) in [5.74, 6) is 0.975. The van der Waals surface area contributed by atoms with Crippen molar-refractivity contribution in [3.05, 3.63) is 96.6 Å². The first-order chi connectivity index (χ1) is 12.8. The highest BCUT2D eigenvalue weighted by Gasteiger charge is 2.15. The molecule has 3 aromatic carbocycles. The van der Waals surface area contributed by atoms with Crippen LogP contribution in [-0.2, 0) is 0 Å². The van der Waals surface area contributed by atoms with E-state index in [1.54, 1.807) is 0 Å². The van der Waals surface area contributed by atoms with Gasteiger partial charge in [-0.05, 0) is 38.1 Å². The Morgan fingerprint density at radius 3 is 1.50 bits per heavy atom. The Balaban J connectivity index is 2.14. The number of benzene rings is 3. The quantitative estimate of drug-likeness (QED) is 0.333. The summed E-state index contributed by atoms with van der Waals surface area (Å²) in [5, 5.41) is 7.12. The smallest absolute Gasteiger partial charge is 0.156 e. The summed E-state index contributed by atoms with van der Waals surface area (Å²) in [6.07, 6.45) is 0.